The molecule has 3 nitrogen and oxygen atoms in total. The Morgan fingerprint density at radius 3 is 2.82 bits per heavy atom. The van der Waals surface area contributed by atoms with E-state index in [1.165, 1.54) is 0 Å². The highest BCUT2D eigenvalue weighted by Crippen LogP contribution is 2.16. The lowest BCUT2D eigenvalue weighted by Gasteiger charge is -2.07. The van der Waals surface area contributed by atoms with E-state index in [1.807, 2.05) is 24.3 Å². The first-order valence-electron chi connectivity index (χ1n) is 5.59. The zero-order valence-corrected chi connectivity index (χ0v) is 9.46. The van der Waals surface area contributed by atoms with E-state index < -0.39 is 0 Å². The molecule has 1 aromatic heterocycles. The average Bonchev–Trinajstić information content (AvgIpc) is 2.88. The molecule has 0 N–H and O–H groups in total. The van der Waals surface area contributed by atoms with E-state index in [9.17, 15) is 4.79 Å². The van der Waals surface area contributed by atoms with Gasteiger partial charge in [0.15, 0.2) is 6.29 Å². The van der Waals surface area contributed by atoms with Gasteiger partial charge in [-0.25, -0.2) is 0 Å². The van der Waals surface area contributed by atoms with Crippen molar-refractivity contribution in [2.45, 2.75) is 12.8 Å². The van der Waals surface area contributed by atoms with Gasteiger partial charge in [0.25, 0.3) is 0 Å². The van der Waals surface area contributed by atoms with Crippen LogP contribution in [0.2, 0.25) is 0 Å². The zero-order valence-electron chi connectivity index (χ0n) is 9.46. The van der Waals surface area contributed by atoms with Crippen LogP contribution in [0.1, 0.15) is 22.5 Å². The van der Waals surface area contributed by atoms with Gasteiger partial charge in [0.1, 0.15) is 11.5 Å². The van der Waals surface area contributed by atoms with Crippen molar-refractivity contribution in [3.63, 3.8) is 0 Å². The van der Waals surface area contributed by atoms with Crippen molar-refractivity contribution in [3.05, 3.63) is 54.0 Å². The highest BCUT2D eigenvalue weighted by atomic mass is 16.5. The number of carbonyl (C=O) groups excluding carboxylic acids is 1. The van der Waals surface area contributed by atoms with Crippen LogP contribution >= 0.6 is 0 Å². The molecule has 17 heavy (non-hydrogen) atoms. The van der Waals surface area contributed by atoms with E-state index in [0.717, 1.165) is 24.9 Å². The third kappa shape index (κ3) is 3.21. The van der Waals surface area contributed by atoms with Gasteiger partial charge in [0.2, 0.25) is 0 Å². The molecule has 0 bridgehead atoms. The van der Waals surface area contributed by atoms with Crippen LogP contribution in [-0.2, 0) is 6.42 Å². The summed E-state index contributed by atoms with van der Waals surface area (Å²) in [4.78, 5) is 10.8. The van der Waals surface area contributed by atoms with E-state index in [1.54, 1.807) is 18.4 Å². The van der Waals surface area contributed by atoms with Crippen molar-refractivity contribution in [2.24, 2.45) is 0 Å². The van der Waals surface area contributed by atoms with Crippen LogP contribution in [0.25, 0.3) is 0 Å². The fourth-order valence-electron chi connectivity index (χ4n) is 1.59. The van der Waals surface area contributed by atoms with Crippen LogP contribution in [-0.4, -0.2) is 12.9 Å². The zero-order chi connectivity index (χ0) is 11.9. The Bertz CT molecular complexity index is 460. The Hall–Kier alpha value is -2.03. The third-order valence-corrected chi connectivity index (χ3v) is 2.45. The van der Waals surface area contributed by atoms with Gasteiger partial charge < -0.3 is 9.15 Å². The number of aryl methyl sites for hydroxylation is 1. The maximum absolute atomic E-state index is 10.8. The van der Waals surface area contributed by atoms with E-state index in [0.29, 0.717) is 17.9 Å². The highest BCUT2D eigenvalue weighted by molar-refractivity contribution is 5.79. The van der Waals surface area contributed by atoms with Crippen LogP contribution in [0.5, 0.6) is 5.75 Å². The molecule has 0 atom stereocenters. The predicted octanol–water partition coefficient (Wildman–Crippen LogP) is 3.10. The van der Waals surface area contributed by atoms with Crippen molar-refractivity contribution in [3.8, 4) is 5.75 Å². The van der Waals surface area contributed by atoms with Crippen LogP contribution in [0, 0.1) is 0 Å². The smallest absolute Gasteiger partial charge is 0.153 e. The lowest BCUT2D eigenvalue weighted by atomic mass is 10.2. The Morgan fingerprint density at radius 1 is 1.18 bits per heavy atom. The molecule has 2 aromatic rings. The summed E-state index contributed by atoms with van der Waals surface area (Å²) in [5, 5.41) is 0. The molecule has 0 aliphatic carbocycles. The Labute approximate surface area is 100 Å². The number of ether oxygens (including phenoxy) is 1. The molecule has 0 unspecified atom stereocenters. The number of hydrogen-bond acceptors (Lipinski definition) is 3. The van der Waals surface area contributed by atoms with Crippen molar-refractivity contribution in [1.29, 1.82) is 0 Å². The van der Waals surface area contributed by atoms with Crippen molar-refractivity contribution in [2.75, 3.05) is 6.61 Å². The molecule has 0 radical (unpaired) electrons. The standard InChI is InChI=1S/C14H14O3/c15-11-12-5-1-2-8-14(12)17-10-4-7-13-6-3-9-16-13/h1-3,5-6,8-9,11H,4,7,10H2. The fraction of sp³-hybridized carbons (Fsp3) is 0.214. The van der Waals surface area contributed by atoms with E-state index in [4.69, 9.17) is 9.15 Å². The number of benzene rings is 1. The number of hydrogen-bond donors (Lipinski definition) is 0. The molecule has 0 saturated heterocycles. The van der Waals surface area contributed by atoms with Gasteiger partial charge in [-0.1, -0.05) is 12.1 Å². The number of aldehydes is 1. The summed E-state index contributed by atoms with van der Waals surface area (Å²) >= 11 is 0. The minimum atomic E-state index is 0.575. The molecular formula is C14H14O3. The van der Waals surface area contributed by atoms with Crippen molar-refractivity contribution in [1.82, 2.24) is 0 Å². The highest BCUT2D eigenvalue weighted by Gasteiger charge is 2.01. The van der Waals surface area contributed by atoms with Gasteiger partial charge in [-0.05, 0) is 30.7 Å². The van der Waals surface area contributed by atoms with E-state index >= 15 is 0 Å². The second-order valence-corrected chi connectivity index (χ2v) is 3.69. The van der Waals surface area contributed by atoms with Gasteiger partial charge in [-0.3, -0.25) is 4.79 Å². The summed E-state index contributed by atoms with van der Waals surface area (Å²) in [7, 11) is 0. The van der Waals surface area contributed by atoms with Gasteiger partial charge >= 0.3 is 0 Å². The molecule has 88 valence electrons. The lowest BCUT2D eigenvalue weighted by molar-refractivity contribution is 0.111. The average molecular weight is 230 g/mol. The first kappa shape index (κ1) is 11.5. The largest absolute Gasteiger partial charge is 0.493 e. The topological polar surface area (TPSA) is 39.4 Å². The molecule has 1 aromatic carbocycles. The van der Waals surface area contributed by atoms with Crippen molar-refractivity contribution < 1.29 is 13.9 Å². The van der Waals surface area contributed by atoms with Crippen LogP contribution in [0.15, 0.2) is 47.1 Å². The molecular weight excluding hydrogens is 216 g/mol. The van der Waals surface area contributed by atoms with Crippen molar-refractivity contribution >= 4 is 6.29 Å². The normalized spacial score (nSPS) is 10.1. The Morgan fingerprint density at radius 2 is 2.06 bits per heavy atom. The summed E-state index contributed by atoms with van der Waals surface area (Å²) in [6.07, 6.45) is 4.18. The van der Waals surface area contributed by atoms with Gasteiger partial charge in [-0.2, -0.15) is 0 Å². The predicted molar refractivity (Wildman–Crippen MR) is 64.4 cm³/mol. The molecule has 0 saturated carbocycles. The lowest BCUT2D eigenvalue weighted by Crippen LogP contribution is -2.01. The van der Waals surface area contributed by atoms with Crippen LogP contribution < -0.4 is 4.74 Å². The summed E-state index contributed by atoms with van der Waals surface area (Å²) in [5.41, 5.74) is 0.588. The monoisotopic (exact) mass is 230 g/mol. The SMILES string of the molecule is O=Cc1ccccc1OCCCc1ccco1. The molecule has 0 amide bonds. The van der Waals surface area contributed by atoms with Gasteiger partial charge in [-0.15, -0.1) is 0 Å². The molecule has 1 heterocycles. The van der Waals surface area contributed by atoms with Crippen LogP contribution in [0.3, 0.4) is 0 Å². The summed E-state index contributed by atoms with van der Waals surface area (Å²) < 4.78 is 10.8. The maximum Gasteiger partial charge on any atom is 0.153 e. The summed E-state index contributed by atoms with van der Waals surface area (Å²) in [5.74, 6) is 1.60. The van der Waals surface area contributed by atoms with Gasteiger partial charge in [0.05, 0.1) is 18.4 Å². The number of furan rings is 1. The van der Waals surface area contributed by atoms with Gasteiger partial charge in [0, 0.05) is 6.42 Å². The molecule has 0 aliphatic heterocycles. The quantitative estimate of drug-likeness (QED) is 0.565. The molecule has 0 fully saturated rings. The Balaban J connectivity index is 1.80. The molecule has 3 heteroatoms. The van der Waals surface area contributed by atoms with E-state index in [2.05, 4.69) is 0 Å². The first-order valence-corrected chi connectivity index (χ1v) is 5.59. The minimum absolute atomic E-state index is 0.575. The van der Waals surface area contributed by atoms with E-state index in [-0.39, 0.29) is 0 Å². The number of carbonyl (C=O) groups is 1. The minimum Gasteiger partial charge on any atom is -0.493 e. The third-order valence-electron chi connectivity index (χ3n) is 2.45. The fourth-order valence-corrected chi connectivity index (χ4v) is 1.59. The molecule has 0 spiro atoms. The van der Waals surface area contributed by atoms with Crippen LogP contribution in [0.4, 0.5) is 0 Å². The maximum atomic E-state index is 10.8. The second kappa shape index (κ2) is 5.89. The first-order chi connectivity index (χ1) is 8.40. The summed E-state index contributed by atoms with van der Waals surface area (Å²) in [6.45, 7) is 0.575. The number of para-hydroxylation sites is 1. The second-order valence-electron chi connectivity index (χ2n) is 3.69. The Kier molecular flexibility index (Phi) is 3.97. The molecule has 2 rings (SSSR count). The number of rotatable bonds is 6. The molecule has 0 aliphatic rings. The summed E-state index contributed by atoms with van der Waals surface area (Å²) in [6, 6.07) is 11.0.